The van der Waals surface area contributed by atoms with Gasteiger partial charge in [0.25, 0.3) is 0 Å². The van der Waals surface area contributed by atoms with Crippen LogP contribution in [0.15, 0.2) is 23.3 Å². The van der Waals surface area contributed by atoms with Crippen LogP contribution in [0.4, 0.5) is 0 Å². The van der Waals surface area contributed by atoms with Crippen molar-refractivity contribution in [1.29, 1.82) is 0 Å². The van der Waals surface area contributed by atoms with Gasteiger partial charge in [0, 0.05) is 5.92 Å². The molecular formula is C21H32O10. The van der Waals surface area contributed by atoms with Gasteiger partial charge < -0.3 is 44.8 Å². The molecule has 9 atom stereocenters. The van der Waals surface area contributed by atoms with Crippen LogP contribution in [0.3, 0.4) is 0 Å². The summed E-state index contributed by atoms with van der Waals surface area (Å²) < 4.78 is 16.7. The Morgan fingerprint density at radius 1 is 1.19 bits per heavy atom. The van der Waals surface area contributed by atoms with Gasteiger partial charge in [-0.15, -0.1) is 0 Å². The number of ether oxygens (including phenoxy) is 3. The minimum Gasteiger partial charge on any atom is -0.456 e. The van der Waals surface area contributed by atoms with Gasteiger partial charge in [-0.3, -0.25) is 0 Å². The SMILES string of the molecule is CC1=CC2OC(=O)C(C)(O)C2CCC(CO)=CCC1OC1OC(CO)C(O)C(O)C1O. The van der Waals surface area contributed by atoms with Crippen LogP contribution < -0.4 is 0 Å². The first-order valence-corrected chi connectivity index (χ1v) is 10.5. The maximum atomic E-state index is 12.2. The molecule has 6 N–H and O–H groups in total. The molecule has 2 fully saturated rings. The number of carbonyl (C=O) groups is 1. The molecule has 0 amide bonds. The second-order valence-corrected chi connectivity index (χ2v) is 8.65. The molecule has 2 saturated heterocycles. The zero-order chi connectivity index (χ0) is 22.9. The van der Waals surface area contributed by atoms with E-state index in [1.807, 2.05) is 0 Å². The van der Waals surface area contributed by atoms with Crippen LogP contribution in [-0.2, 0) is 19.0 Å². The van der Waals surface area contributed by atoms with Crippen LogP contribution in [0, 0.1) is 5.92 Å². The lowest BCUT2D eigenvalue weighted by Crippen LogP contribution is -2.59. The third-order valence-corrected chi connectivity index (χ3v) is 6.46. The molecule has 3 aliphatic rings. The molecule has 10 nitrogen and oxygen atoms in total. The maximum absolute atomic E-state index is 12.2. The molecule has 31 heavy (non-hydrogen) atoms. The quantitative estimate of drug-likeness (QED) is 0.222. The van der Waals surface area contributed by atoms with Gasteiger partial charge in [-0.05, 0) is 50.3 Å². The predicted molar refractivity (Wildman–Crippen MR) is 105 cm³/mol. The highest BCUT2D eigenvalue weighted by Gasteiger charge is 2.52. The number of rotatable bonds is 4. The zero-order valence-corrected chi connectivity index (χ0v) is 17.6. The third kappa shape index (κ3) is 4.86. The summed E-state index contributed by atoms with van der Waals surface area (Å²) in [6.45, 7) is 2.37. The standard InChI is InChI=1S/C21H32O10/c1-10-7-14-12(21(2,28)20(27)31-14)5-3-11(8-22)4-6-13(10)29-19-18(26)17(25)16(24)15(9-23)30-19/h4,7,12-19,22-26,28H,3,5-6,8-9H2,1-2H3. The molecule has 2 heterocycles. The largest absolute Gasteiger partial charge is 0.456 e. The molecule has 0 aromatic rings. The van der Waals surface area contributed by atoms with Gasteiger partial charge in [-0.1, -0.05) is 6.08 Å². The first-order valence-electron chi connectivity index (χ1n) is 10.5. The summed E-state index contributed by atoms with van der Waals surface area (Å²) >= 11 is 0. The predicted octanol–water partition coefficient (Wildman–Crippen LogP) is -1.49. The molecule has 2 aliphatic heterocycles. The fourth-order valence-corrected chi connectivity index (χ4v) is 4.31. The summed E-state index contributed by atoms with van der Waals surface area (Å²) in [6.07, 6.45) is -3.77. The van der Waals surface area contributed by atoms with Crippen LogP contribution in [0.5, 0.6) is 0 Å². The van der Waals surface area contributed by atoms with Gasteiger partial charge in [0.2, 0.25) is 0 Å². The van der Waals surface area contributed by atoms with E-state index in [0.717, 1.165) is 0 Å². The Morgan fingerprint density at radius 3 is 2.55 bits per heavy atom. The summed E-state index contributed by atoms with van der Waals surface area (Å²) in [5.74, 6) is -1.23. The van der Waals surface area contributed by atoms with E-state index in [-0.39, 0.29) is 6.61 Å². The zero-order valence-electron chi connectivity index (χ0n) is 17.6. The normalized spacial score (nSPS) is 44.2. The Balaban J connectivity index is 1.87. The second-order valence-electron chi connectivity index (χ2n) is 8.65. The van der Waals surface area contributed by atoms with Crippen molar-refractivity contribution >= 4 is 5.97 Å². The number of esters is 1. The Kier molecular flexibility index (Phi) is 7.54. The first kappa shape index (κ1) is 24.3. The van der Waals surface area contributed by atoms with Gasteiger partial charge in [-0.2, -0.15) is 0 Å². The highest BCUT2D eigenvalue weighted by molar-refractivity contribution is 5.82. The first-order chi connectivity index (χ1) is 14.6. The van der Waals surface area contributed by atoms with Gasteiger partial charge in [0.1, 0.15) is 30.5 Å². The van der Waals surface area contributed by atoms with Crippen molar-refractivity contribution in [1.82, 2.24) is 0 Å². The summed E-state index contributed by atoms with van der Waals surface area (Å²) in [4.78, 5) is 12.2. The molecular weight excluding hydrogens is 412 g/mol. The summed E-state index contributed by atoms with van der Waals surface area (Å²) in [6, 6.07) is 0. The molecule has 0 aromatic carbocycles. The van der Waals surface area contributed by atoms with E-state index in [1.54, 1.807) is 19.1 Å². The van der Waals surface area contributed by atoms with Crippen molar-refractivity contribution in [3.63, 3.8) is 0 Å². The lowest BCUT2D eigenvalue weighted by molar-refractivity contribution is -0.308. The fraction of sp³-hybridized carbons (Fsp3) is 0.762. The molecule has 0 radical (unpaired) electrons. The Hall–Kier alpha value is -1.37. The Labute approximate surface area is 180 Å². The second kappa shape index (κ2) is 9.63. The van der Waals surface area contributed by atoms with Crippen molar-refractivity contribution < 1.29 is 49.6 Å². The van der Waals surface area contributed by atoms with Crippen LogP contribution in [0.1, 0.15) is 33.1 Å². The number of aliphatic hydroxyl groups is 6. The average molecular weight is 444 g/mol. The van der Waals surface area contributed by atoms with E-state index in [0.29, 0.717) is 30.4 Å². The van der Waals surface area contributed by atoms with Crippen LogP contribution in [0.25, 0.3) is 0 Å². The number of hydrogen-bond donors (Lipinski definition) is 6. The molecule has 9 unspecified atom stereocenters. The smallest absolute Gasteiger partial charge is 0.338 e. The van der Waals surface area contributed by atoms with E-state index < -0.39 is 67.0 Å². The molecule has 0 saturated carbocycles. The summed E-state index contributed by atoms with van der Waals surface area (Å²) in [5, 5.41) is 60.0. The van der Waals surface area contributed by atoms with Crippen LogP contribution in [-0.4, -0.2) is 98.3 Å². The molecule has 176 valence electrons. The molecule has 1 aliphatic carbocycles. The highest BCUT2D eigenvalue weighted by atomic mass is 16.7. The minimum atomic E-state index is -1.66. The van der Waals surface area contributed by atoms with Gasteiger partial charge in [-0.25, -0.2) is 4.79 Å². The molecule has 3 rings (SSSR count). The lowest BCUT2D eigenvalue weighted by atomic mass is 9.81. The molecule has 0 bridgehead atoms. The monoisotopic (exact) mass is 444 g/mol. The molecule has 0 aromatic heterocycles. The Bertz CT molecular complexity index is 715. The van der Waals surface area contributed by atoms with Crippen molar-refractivity contribution in [3.05, 3.63) is 23.3 Å². The fourth-order valence-electron chi connectivity index (χ4n) is 4.31. The van der Waals surface area contributed by atoms with Gasteiger partial charge in [0.05, 0.1) is 19.3 Å². The van der Waals surface area contributed by atoms with E-state index in [2.05, 4.69) is 0 Å². The minimum absolute atomic E-state index is 0.205. The van der Waals surface area contributed by atoms with Crippen LogP contribution >= 0.6 is 0 Å². The number of fused-ring (bicyclic) bond motifs is 1. The van der Waals surface area contributed by atoms with Gasteiger partial charge >= 0.3 is 5.97 Å². The third-order valence-electron chi connectivity index (χ3n) is 6.46. The number of hydrogen-bond acceptors (Lipinski definition) is 10. The van der Waals surface area contributed by atoms with E-state index in [4.69, 9.17) is 14.2 Å². The van der Waals surface area contributed by atoms with E-state index in [9.17, 15) is 35.4 Å². The number of carbonyl (C=O) groups excluding carboxylic acids is 1. The van der Waals surface area contributed by atoms with Gasteiger partial charge in [0.15, 0.2) is 11.9 Å². The summed E-state index contributed by atoms with van der Waals surface area (Å²) in [5.41, 5.74) is -0.326. The topological polar surface area (TPSA) is 166 Å². The number of aliphatic hydroxyl groups excluding tert-OH is 5. The van der Waals surface area contributed by atoms with Crippen molar-refractivity contribution in [3.8, 4) is 0 Å². The van der Waals surface area contributed by atoms with Crippen molar-refractivity contribution in [2.75, 3.05) is 13.2 Å². The van der Waals surface area contributed by atoms with E-state index >= 15 is 0 Å². The Morgan fingerprint density at radius 2 is 1.90 bits per heavy atom. The van der Waals surface area contributed by atoms with E-state index in [1.165, 1.54) is 6.92 Å². The average Bonchev–Trinajstić information content (AvgIpc) is 2.94. The highest BCUT2D eigenvalue weighted by Crippen LogP contribution is 2.38. The lowest BCUT2D eigenvalue weighted by Gasteiger charge is -2.41. The molecule has 0 spiro atoms. The summed E-state index contributed by atoms with van der Waals surface area (Å²) in [7, 11) is 0. The van der Waals surface area contributed by atoms with Crippen molar-refractivity contribution in [2.45, 2.75) is 81.6 Å². The molecule has 10 heteroatoms. The van der Waals surface area contributed by atoms with Crippen molar-refractivity contribution in [2.24, 2.45) is 5.92 Å². The maximum Gasteiger partial charge on any atom is 0.338 e. The van der Waals surface area contributed by atoms with Crippen LogP contribution in [0.2, 0.25) is 0 Å².